The first-order chi connectivity index (χ1) is 19.0. The second-order valence-electron chi connectivity index (χ2n) is 13.1. The molecule has 3 saturated heterocycles. The molecule has 1 aromatic carbocycles. The molecule has 3 aliphatic heterocycles. The number of fused-ring (bicyclic) bond motifs is 2. The lowest BCUT2D eigenvalue weighted by molar-refractivity contribution is -0.125. The number of nitrogens with one attached hydrogen (secondary N) is 2. The van der Waals surface area contributed by atoms with E-state index in [1.165, 1.54) is 0 Å². The highest BCUT2D eigenvalue weighted by Crippen LogP contribution is 2.40. The fraction of sp³-hybridized carbons (Fsp3) is 0.767. The summed E-state index contributed by atoms with van der Waals surface area (Å²) in [5, 5.41) is 7.57. The van der Waals surface area contributed by atoms with Crippen LogP contribution in [0.4, 0.5) is 0 Å². The summed E-state index contributed by atoms with van der Waals surface area (Å²) < 4.78 is 33.5. The third kappa shape index (κ3) is 7.04. The Balaban J connectivity index is 1.24. The van der Waals surface area contributed by atoms with Crippen molar-refractivity contribution in [2.24, 2.45) is 17.6 Å². The predicted molar refractivity (Wildman–Crippen MR) is 159 cm³/mol. The van der Waals surface area contributed by atoms with Crippen molar-refractivity contribution in [1.82, 2.24) is 14.9 Å². The van der Waals surface area contributed by atoms with E-state index in [9.17, 15) is 13.2 Å². The maximum absolute atomic E-state index is 13.7. The van der Waals surface area contributed by atoms with Crippen molar-refractivity contribution in [3.63, 3.8) is 0 Å². The van der Waals surface area contributed by atoms with Crippen molar-refractivity contribution in [2.75, 3.05) is 25.4 Å². The average molecular weight is 595 g/mol. The van der Waals surface area contributed by atoms with Gasteiger partial charge in [-0.05, 0) is 94.7 Å². The van der Waals surface area contributed by atoms with Crippen LogP contribution in [0.25, 0.3) is 0 Å². The van der Waals surface area contributed by atoms with E-state index in [1.807, 2.05) is 24.3 Å². The van der Waals surface area contributed by atoms with Crippen LogP contribution in [0.1, 0.15) is 83.1 Å². The first-order valence-electron chi connectivity index (χ1n) is 15.2. The number of rotatable bonds is 8. The van der Waals surface area contributed by atoms with E-state index in [0.717, 1.165) is 63.4 Å². The number of carbonyl (C=O) groups excluding carboxylic acids is 1. The Morgan fingerprint density at radius 2 is 1.95 bits per heavy atom. The summed E-state index contributed by atoms with van der Waals surface area (Å²) in [6.45, 7) is 6.16. The van der Waals surface area contributed by atoms with Gasteiger partial charge in [0.1, 0.15) is 0 Å². The molecule has 4 fully saturated rings. The molecular formula is C30H47ClN4O4S. The monoisotopic (exact) mass is 594 g/mol. The van der Waals surface area contributed by atoms with Crippen LogP contribution >= 0.6 is 11.6 Å². The molecule has 1 aromatic rings. The van der Waals surface area contributed by atoms with E-state index >= 15 is 0 Å². The third-order valence-electron chi connectivity index (χ3n) is 9.81. The molecule has 1 amide bonds. The maximum Gasteiger partial charge on any atom is 0.237 e. The molecule has 8 atom stereocenters. The number of nitrogens with zero attached hydrogens (tertiary/aromatic N) is 1. The van der Waals surface area contributed by atoms with Crippen molar-refractivity contribution in [3.8, 4) is 0 Å². The Morgan fingerprint density at radius 1 is 1.18 bits per heavy atom. The van der Waals surface area contributed by atoms with Crippen LogP contribution < -0.4 is 16.4 Å². The average Bonchev–Trinajstić information content (AvgIpc) is 3.30. The molecule has 1 aliphatic carbocycles. The summed E-state index contributed by atoms with van der Waals surface area (Å²) >= 11 is 6.19. The molecule has 8 nitrogen and oxygen atoms in total. The van der Waals surface area contributed by atoms with Gasteiger partial charge in [-0.15, -0.1) is 0 Å². The van der Waals surface area contributed by atoms with Gasteiger partial charge in [-0.25, -0.2) is 8.42 Å². The highest BCUT2D eigenvalue weighted by atomic mass is 35.5. The van der Waals surface area contributed by atoms with Gasteiger partial charge in [-0.1, -0.05) is 30.2 Å². The second-order valence-corrected chi connectivity index (χ2v) is 15.6. The molecule has 4 aliphatic rings. The number of hydrogen-bond donors (Lipinski definition) is 3. The minimum Gasteiger partial charge on any atom is -0.376 e. The number of ether oxygens (including phenoxy) is 1. The van der Waals surface area contributed by atoms with E-state index in [4.69, 9.17) is 22.1 Å². The summed E-state index contributed by atoms with van der Waals surface area (Å²) in [5.41, 5.74) is 7.58. The normalized spacial score (nSPS) is 34.9. The smallest absolute Gasteiger partial charge is 0.237 e. The molecule has 224 valence electrons. The van der Waals surface area contributed by atoms with Gasteiger partial charge in [-0.3, -0.25) is 4.79 Å². The number of halogens is 1. The molecule has 4 unspecified atom stereocenters. The fourth-order valence-corrected chi connectivity index (χ4v) is 9.64. The quantitative estimate of drug-likeness (QED) is 0.422. The topological polar surface area (TPSA) is 114 Å². The minimum atomic E-state index is -3.20. The maximum atomic E-state index is 13.7. The van der Waals surface area contributed by atoms with Gasteiger partial charge in [0.15, 0.2) is 0 Å². The van der Waals surface area contributed by atoms with Gasteiger partial charge in [0.25, 0.3) is 0 Å². The molecular weight excluding hydrogens is 548 g/mol. The standard InChI is InChI=1S/C30H47ClN4O4S/c1-30(2)17-22(14-15-39-30)27(21-8-11-23(31)12-9-21)28(32)29(36)34-26-7-3-5-20(26)10-13-25-18-33-24-6-4-16-40(37,38)35(25)19-24/h8-9,11-12,20,22,24-28,33H,3-7,10,13-19,32H2,1-2H3,(H,34,36)/t20-,22?,24-,25+,26+,27?,28?/m1/s1. The number of piperazine rings is 1. The third-order valence-corrected chi connectivity index (χ3v) is 12.0. The van der Waals surface area contributed by atoms with Gasteiger partial charge < -0.3 is 21.1 Å². The Hall–Kier alpha value is -1.23. The van der Waals surface area contributed by atoms with Crippen molar-refractivity contribution in [1.29, 1.82) is 0 Å². The van der Waals surface area contributed by atoms with Crippen LogP contribution in [0, 0.1) is 11.8 Å². The van der Waals surface area contributed by atoms with Crippen molar-refractivity contribution >= 4 is 27.5 Å². The van der Waals surface area contributed by atoms with Crippen LogP contribution in [0.15, 0.2) is 24.3 Å². The highest BCUT2D eigenvalue weighted by Gasteiger charge is 2.41. The van der Waals surface area contributed by atoms with E-state index in [0.29, 0.717) is 30.6 Å². The Bertz CT molecular complexity index is 1130. The van der Waals surface area contributed by atoms with E-state index in [2.05, 4.69) is 24.5 Å². The minimum absolute atomic E-state index is 0.00952. The molecule has 1 saturated carbocycles. The molecule has 3 heterocycles. The summed E-state index contributed by atoms with van der Waals surface area (Å²) in [7, 11) is -3.20. The first-order valence-corrected chi connectivity index (χ1v) is 17.2. The van der Waals surface area contributed by atoms with Gasteiger partial charge in [-0.2, -0.15) is 4.31 Å². The van der Waals surface area contributed by atoms with Gasteiger partial charge in [0.05, 0.1) is 17.4 Å². The fourth-order valence-electron chi connectivity index (χ4n) is 7.71. The Kier molecular flexibility index (Phi) is 9.49. The molecule has 2 bridgehead atoms. The number of carbonyl (C=O) groups is 1. The summed E-state index contributed by atoms with van der Waals surface area (Å²) in [5.74, 6) is 0.580. The zero-order valence-corrected chi connectivity index (χ0v) is 25.6. The lowest BCUT2D eigenvalue weighted by atomic mass is 9.73. The number of benzene rings is 1. The van der Waals surface area contributed by atoms with E-state index in [1.54, 1.807) is 4.31 Å². The number of hydrogen-bond acceptors (Lipinski definition) is 6. The predicted octanol–water partition coefficient (Wildman–Crippen LogP) is 3.79. The van der Waals surface area contributed by atoms with Crippen LogP contribution in [0.5, 0.6) is 0 Å². The molecule has 4 N–H and O–H groups in total. The van der Waals surface area contributed by atoms with E-state index < -0.39 is 16.1 Å². The number of nitrogens with two attached hydrogens (primary N) is 1. The summed E-state index contributed by atoms with van der Waals surface area (Å²) in [4.78, 5) is 13.7. The lowest BCUT2D eigenvalue weighted by Crippen LogP contribution is -2.57. The van der Waals surface area contributed by atoms with Gasteiger partial charge in [0, 0.05) is 48.8 Å². The van der Waals surface area contributed by atoms with Crippen LogP contribution in [0.2, 0.25) is 5.02 Å². The van der Waals surface area contributed by atoms with Crippen molar-refractivity contribution < 1.29 is 17.9 Å². The van der Waals surface area contributed by atoms with Gasteiger partial charge >= 0.3 is 0 Å². The van der Waals surface area contributed by atoms with Crippen LogP contribution in [-0.4, -0.2) is 73.8 Å². The first kappa shape index (κ1) is 30.2. The van der Waals surface area contributed by atoms with Gasteiger partial charge in [0.2, 0.25) is 15.9 Å². The molecule has 0 aromatic heterocycles. The summed E-state index contributed by atoms with van der Waals surface area (Å²) in [6.07, 6.45) is 8.10. The SMILES string of the molecule is CC1(C)CC(C(c2ccc(Cl)cc2)C(N)C(=O)N[C@H]2CCC[C@@H]2CC[C@H]2CN[C@@H]3CCCS(=O)(=O)N2C3)CCO1. The largest absolute Gasteiger partial charge is 0.376 e. The molecule has 0 radical (unpaired) electrons. The number of amides is 1. The van der Waals surface area contributed by atoms with Crippen LogP contribution in [-0.2, 0) is 19.6 Å². The Morgan fingerprint density at radius 3 is 2.70 bits per heavy atom. The van der Waals surface area contributed by atoms with Crippen molar-refractivity contribution in [2.45, 2.75) is 107 Å². The molecule has 5 rings (SSSR count). The number of sulfonamides is 1. The molecule has 0 spiro atoms. The molecule has 40 heavy (non-hydrogen) atoms. The van der Waals surface area contributed by atoms with Crippen molar-refractivity contribution in [3.05, 3.63) is 34.9 Å². The molecule has 10 heteroatoms. The zero-order valence-electron chi connectivity index (χ0n) is 24.0. The Labute approximate surface area is 245 Å². The second kappa shape index (κ2) is 12.6. The zero-order chi connectivity index (χ0) is 28.5. The van der Waals surface area contributed by atoms with E-state index in [-0.39, 0.29) is 47.2 Å². The highest BCUT2D eigenvalue weighted by molar-refractivity contribution is 7.89. The lowest BCUT2D eigenvalue weighted by Gasteiger charge is -2.41. The van der Waals surface area contributed by atoms with Crippen LogP contribution in [0.3, 0.4) is 0 Å². The summed E-state index contributed by atoms with van der Waals surface area (Å²) in [6, 6.07) is 7.40.